The molecule has 2 heterocycles. The predicted molar refractivity (Wildman–Crippen MR) is 202 cm³/mol. The first kappa shape index (κ1) is 26.9. The third kappa shape index (κ3) is 3.88. The van der Waals surface area contributed by atoms with Crippen LogP contribution in [0.3, 0.4) is 0 Å². The van der Waals surface area contributed by atoms with Crippen LogP contribution in [0.4, 0.5) is 17.1 Å². The van der Waals surface area contributed by atoms with Crippen molar-refractivity contribution in [2.24, 2.45) is 0 Å². The minimum Gasteiger partial charge on any atom is -0.455 e. The van der Waals surface area contributed by atoms with Crippen LogP contribution in [-0.2, 0) is 0 Å². The van der Waals surface area contributed by atoms with Crippen molar-refractivity contribution in [2.75, 3.05) is 4.90 Å². The van der Waals surface area contributed by atoms with Gasteiger partial charge in [-0.25, -0.2) is 0 Å². The molecule has 0 fully saturated rings. The number of benzene rings is 8. The number of hydrogen-bond acceptors (Lipinski definition) is 2. The molecule has 0 aliphatic rings. The van der Waals surface area contributed by atoms with E-state index < -0.39 is 0 Å². The minimum absolute atomic E-state index is 0.915. The Morgan fingerprint density at radius 2 is 1.17 bits per heavy atom. The topological polar surface area (TPSA) is 21.3 Å². The van der Waals surface area contributed by atoms with Gasteiger partial charge in [0.2, 0.25) is 0 Å². The molecule has 0 N–H and O–H groups in total. The van der Waals surface area contributed by atoms with Gasteiger partial charge in [0.1, 0.15) is 11.2 Å². The molecule has 48 heavy (non-hydrogen) atoms. The third-order valence-electron chi connectivity index (χ3n) is 9.87. The Kier molecular flexibility index (Phi) is 5.79. The molecule has 0 amide bonds. The van der Waals surface area contributed by atoms with Crippen LogP contribution in [0.25, 0.3) is 71.0 Å². The summed E-state index contributed by atoms with van der Waals surface area (Å²) in [5.41, 5.74) is 9.88. The zero-order valence-electron chi connectivity index (χ0n) is 26.4. The Morgan fingerprint density at radius 3 is 2.04 bits per heavy atom. The number of furan rings is 1. The number of hydrogen-bond donors (Lipinski definition) is 0. The summed E-state index contributed by atoms with van der Waals surface area (Å²) >= 11 is 0. The smallest absolute Gasteiger partial charge is 0.143 e. The summed E-state index contributed by atoms with van der Waals surface area (Å²) in [5.74, 6) is 0. The van der Waals surface area contributed by atoms with E-state index in [-0.39, 0.29) is 0 Å². The lowest BCUT2D eigenvalue weighted by atomic mass is 9.99. The number of rotatable bonds is 4. The Morgan fingerprint density at radius 1 is 0.479 bits per heavy atom. The summed E-state index contributed by atoms with van der Waals surface area (Å²) in [6.07, 6.45) is 0. The third-order valence-corrected chi connectivity index (χ3v) is 9.87. The van der Waals surface area contributed by atoms with Gasteiger partial charge in [0.05, 0.1) is 22.4 Å². The van der Waals surface area contributed by atoms with E-state index in [4.69, 9.17) is 4.42 Å². The van der Waals surface area contributed by atoms with Crippen molar-refractivity contribution in [3.63, 3.8) is 0 Å². The lowest BCUT2D eigenvalue weighted by molar-refractivity contribution is 0.672. The molecule has 3 nitrogen and oxygen atoms in total. The molecule has 0 atom stereocenters. The molecule has 0 aliphatic carbocycles. The number of aryl methyl sites for hydroxylation is 1. The fraction of sp³-hybridized carbons (Fsp3) is 0.0222. The SMILES string of the molecule is Cc1cccc2oc3c4ccccc4c(N(c4ccc5c6ccccc6n(-c6ccccc6)c5c4)c4cccc5ccccc45)cc3c12. The minimum atomic E-state index is 0.915. The molecule has 0 saturated heterocycles. The van der Waals surface area contributed by atoms with E-state index in [0.29, 0.717) is 0 Å². The average molecular weight is 615 g/mol. The van der Waals surface area contributed by atoms with Gasteiger partial charge in [-0.3, -0.25) is 0 Å². The number of para-hydroxylation sites is 2. The summed E-state index contributed by atoms with van der Waals surface area (Å²) in [6, 6.07) is 58.9. The van der Waals surface area contributed by atoms with Crippen molar-refractivity contribution < 1.29 is 4.42 Å². The second-order valence-corrected chi connectivity index (χ2v) is 12.6. The quantitative estimate of drug-likeness (QED) is 0.197. The number of nitrogens with zero attached hydrogens (tertiary/aromatic N) is 2. The van der Waals surface area contributed by atoms with Gasteiger partial charge in [0.15, 0.2) is 0 Å². The summed E-state index contributed by atoms with van der Waals surface area (Å²) in [4.78, 5) is 2.45. The normalized spacial score (nSPS) is 11.9. The maximum atomic E-state index is 6.60. The first-order chi connectivity index (χ1) is 23.7. The van der Waals surface area contributed by atoms with Crippen molar-refractivity contribution in [2.45, 2.75) is 6.92 Å². The maximum absolute atomic E-state index is 6.60. The molecule has 0 bridgehead atoms. The first-order valence-corrected chi connectivity index (χ1v) is 16.4. The summed E-state index contributed by atoms with van der Waals surface area (Å²) in [7, 11) is 0. The largest absolute Gasteiger partial charge is 0.455 e. The van der Waals surface area contributed by atoms with Crippen LogP contribution in [0.2, 0.25) is 0 Å². The Balaban J connectivity index is 1.35. The van der Waals surface area contributed by atoms with Gasteiger partial charge in [0.25, 0.3) is 0 Å². The van der Waals surface area contributed by atoms with Crippen LogP contribution in [-0.4, -0.2) is 4.57 Å². The Labute approximate surface area is 277 Å². The van der Waals surface area contributed by atoms with E-state index in [1.165, 1.54) is 38.1 Å². The van der Waals surface area contributed by atoms with Crippen molar-refractivity contribution in [1.29, 1.82) is 0 Å². The molecule has 0 unspecified atom stereocenters. The highest BCUT2D eigenvalue weighted by atomic mass is 16.3. The molecule has 3 heteroatoms. The molecular weight excluding hydrogens is 585 g/mol. The summed E-state index contributed by atoms with van der Waals surface area (Å²) in [6.45, 7) is 2.17. The lowest BCUT2D eigenvalue weighted by Crippen LogP contribution is -2.11. The van der Waals surface area contributed by atoms with Crippen LogP contribution in [0.1, 0.15) is 5.56 Å². The van der Waals surface area contributed by atoms with Crippen molar-refractivity contribution >= 4 is 82.4 Å². The highest BCUT2D eigenvalue weighted by Gasteiger charge is 2.23. The zero-order chi connectivity index (χ0) is 31.8. The second-order valence-electron chi connectivity index (χ2n) is 12.6. The molecule has 10 rings (SSSR count). The van der Waals surface area contributed by atoms with E-state index >= 15 is 0 Å². The van der Waals surface area contributed by atoms with Gasteiger partial charge in [-0.05, 0) is 66.4 Å². The van der Waals surface area contributed by atoms with Crippen molar-refractivity contribution in [1.82, 2.24) is 4.57 Å². The number of anilines is 3. The van der Waals surface area contributed by atoms with Gasteiger partial charge in [-0.15, -0.1) is 0 Å². The Bertz CT molecular complexity index is 2850. The van der Waals surface area contributed by atoms with E-state index in [1.807, 2.05) is 0 Å². The molecule has 226 valence electrons. The van der Waals surface area contributed by atoms with E-state index in [0.717, 1.165) is 55.5 Å². The van der Waals surface area contributed by atoms with Crippen LogP contribution >= 0.6 is 0 Å². The molecule has 10 aromatic rings. The van der Waals surface area contributed by atoms with Gasteiger partial charge < -0.3 is 13.9 Å². The van der Waals surface area contributed by atoms with Crippen molar-refractivity contribution in [3.05, 3.63) is 169 Å². The number of aromatic nitrogens is 1. The summed E-state index contributed by atoms with van der Waals surface area (Å²) in [5, 5.41) is 9.40. The molecule has 0 saturated carbocycles. The fourth-order valence-electron chi connectivity index (χ4n) is 7.76. The van der Waals surface area contributed by atoms with E-state index in [1.54, 1.807) is 0 Å². The van der Waals surface area contributed by atoms with Crippen LogP contribution in [0, 0.1) is 6.92 Å². The average Bonchev–Trinajstić information content (AvgIpc) is 3.69. The second kappa shape index (κ2) is 10.3. The van der Waals surface area contributed by atoms with Gasteiger partial charge in [-0.2, -0.15) is 0 Å². The van der Waals surface area contributed by atoms with Gasteiger partial charge in [0, 0.05) is 49.1 Å². The Hall–Kier alpha value is -6.32. The molecular formula is C45H30N2O. The van der Waals surface area contributed by atoms with Crippen LogP contribution in [0.5, 0.6) is 0 Å². The molecule has 0 spiro atoms. The van der Waals surface area contributed by atoms with Crippen LogP contribution < -0.4 is 4.90 Å². The summed E-state index contributed by atoms with van der Waals surface area (Å²) < 4.78 is 8.99. The highest BCUT2D eigenvalue weighted by molar-refractivity contribution is 6.21. The molecule has 0 aliphatic heterocycles. The molecule has 8 aromatic carbocycles. The van der Waals surface area contributed by atoms with E-state index in [2.05, 4.69) is 180 Å². The number of fused-ring (bicyclic) bond motifs is 9. The zero-order valence-corrected chi connectivity index (χ0v) is 26.4. The fourth-order valence-corrected chi connectivity index (χ4v) is 7.76. The van der Waals surface area contributed by atoms with Gasteiger partial charge in [-0.1, -0.05) is 115 Å². The molecule has 2 aromatic heterocycles. The van der Waals surface area contributed by atoms with Gasteiger partial charge >= 0.3 is 0 Å². The highest BCUT2D eigenvalue weighted by Crippen LogP contribution is 2.47. The molecule has 0 radical (unpaired) electrons. The lowest BCUT2D eigenvalue weighted by Gasteiger charge is -2.28. The van der Waals surface area contributed by atoms with E-state index in [9.17, 15) is 0 Å². The standard InChI is InChI=1S/C45H30N2O/c1-29-13-11-24-43-44(29)38-28-42(35-20-7-8-21-37(35)45(38)48-43)47(39-23-12-15-30-14-5-6-18-33(30)39)32-25-26-36-34-19-9-10-22-40(34)46(41(36)27-32)31-16-3-2-4-17-31/h2-28H,1H3. The maximum Gasteiger partial charge on any atom is 0.143 e. The van der Waals surface area contributed by atoms with Crippen molar-refractivity contribution in [3.8, 4) is 5.69 Å². The first-order valence-electron chi connectivity index (χ1n) is 16.4. The van der Waals surface area contributed by atoms with Crippen LogP contribution in [0.15, 0.2) is 168 Å². The monoisotopic (exact) mass is 614 g/mol. The predicted octanol–water partition coefficient (Wildman–Crippen LogP) is 12.8.